The lowest BCUT2D eigenvalue weighted by Gasteiger charge is -2.56. The highest BCUT2D eigenvalue weighted by Gasteiger charge is 2.51. The van der Waals surface area contributed by atoms with E-state index in [1.54, 1.807) is 0 Å². The van der Waals surface area contributed by atoms with E-state index in [-0.39, 0.29) is 23.5 Å². The summed E-state index contributed by atoms with van der Waals surface area (Å²) in [4.78, 5) is 26.9. The Morgan fingerprint density at radius 2 is 1.67 bits per heavy atom. The van der Waals surface area contributed by atoms with E-state index in [2.05, 4.69) is 10.6 Å². The molecule has 4 bridgehead atoms. The highest BCUT2D eigenvalue weighted by molar-refractivity contribution is 5.82. The zero-order valence-corrected chi connectivity index (χ0v) is 15.8. The topological polar surface area (TPSA) is 61.4 Å². The highest BCUT2D eigenvalue weighted by atomic mass is 16.2. The normalized spacial score (nSPS) is 36.9. The summed E-state index contributed by atoms with van der Waals surface area (Å²) in [7, 11) is 0. The molecule has 1 aliphatic heterocycles. The highest BCUT2D eigenvalue weighted by Crippen LogP contribution is 2.55. The summed E-state index contributed by atoms with van der Waals surface area (Å²) >= 11 is 0. The fourth-order valence-corrected chi connectivity index (χ4v) is 6.55. The van der Waals surface area contributed by atoms with Gasteiger partial charge in [0.05, 0.1) is 6.04 Å². The van der Waals surface area contributed by atoms with Gasteiger partial charge >= 0.3 is 6.03 Å². The van der Waals surface area contributed by atoms with E-state index in [4.69, 9.17) is 0 Å². The van der Waals surface area contributed by atoms with Gasteiger partial charge in [0.1, 0.15) is 0 Å². The fraction of sp³-hybridized carbons (Fsp3) is 0.636. The fourth-order valence-electron chi connectivity index (χ4n) is 6.55. The van der Waals surface area contributed by atoms with Gasteiger partial charge in [-0.1, -0.05) is 30.3 Å². The van der Waals surface area contributed by atoms with Crippen molar-refractivity contribution in [1.82, 2.24) is 15.5 Å². The van der Waals surface area contributed by atoms with Gasteiger partial charge in [-0.2, -0.15) is 0 Å². The molecule has 0 radical (unpaired) electrons. The molecule has 0 spiro atoms. The molecule has 27 heavy (non-hydrogen) atoms. The molecule has 1 unspecified atom stereocenters. The third kappa shape index (κ3) is 3.44. The van der Waals surface area contributed by atoms with Gasteiger partial charge in [0.25, 0.3) is 0 Å². The van der Waals surface area contributed by atoms with Crippen LogP contribution >= 0.6 is 0 Å². The second-order valence-corrected chi connectivity index (χ2v) is 9.46. The van der Waals surface area contributed by atoms with Crippen molar-refractivity contribution < 1.29 is 9.59 Å². The van der Waals surface area contributed by atoms with Crippen molar-refractivity contribution in [3.8, 4) is 0 Å². The van der Waals surface area contributed by atoms with Crippen molar-refractivity contribution in [2.45, 2.75) is 63.1 Å². The molecule has 5 heteroatoms. The first-order valence-electron chi connectivity index (χ1n) is 10.5. The van der Waals surface area contributed by atoms with Crippen molar-refractivity contribution in [2.24, 2.45) is 17.8 Å². The largest absolute Gasteiger partial charge is 0.336 e. The van der Waals surface area contributed by atoms with Crippen LogP contribution in [0.25, 0.3) is 0 Å². The van der Waals surface area contributed by atoms with Crippen LogP contribution in [0.4, 0.5) is 4.79 Å². The van der Waals surface area contributed by atoms with Crippen molar-refractivity contribution in [3.05, 3.63) is 35.9 Å². The predicted octanol–water partition coefficient (Wildman–Crippen LogP) is 3.06. The zero-order valence-electron chi connectivity index (χ0n) is 15.8. The summed E-state index contributed by atoms with van der Waals surface area (Å²) in [5.41, 5.74) is 1.15. The predicted molar refractivity (Wildman–Crippen MR) is 103 cm³/mol. The molecule has 6 rings (SSSR count). The monoisotopic (exact) mass is 367 g/mol. The maximum atomic E-state index is 12.7. The molecule has 5 nitrogen and oxygen atoms in total. The SMILES string of the molecule is O=C(NC1CC(=O)N(Cc2ccccc2)C1)NC12CC3CC(CC(C3)C1)C2. The summed E-state index contributed by atoms with van der Waals surface area (Å²) in [6.07, 6.45) is 7.96. The number of carbonyl (C=O) groups excluding carboxylic acids is 2. The van der Waals surface area contributed by atoms with Gasteiger partial charge in [-0.25, -0.2) is 4.79 Å². The molecule has 4 aliphatic carbocycles. The molecule has 1 aromatic rings. The molecule has 1 saturated heterocycles. The summed E-state index contributed by atoms with van der Waals surface area (Å²) < 4.78 is 0. The molecular formula is C22H29N3O2. The lowest BCUT2D eigenvalue weighted by molar-refractivity contribution is -0.128. The number of hydrogen-bond acceptors (Lipinski definition) is 2. The van der Waals surface area contributed by atoms with E-state index in [0.29, 0.717) is 19.5 Å². The van der Waals surface area contributed by atoms with Crippen LogP contribution in [0.5, 0.6) is 0 Å². The molecule has 0 aromatic heterocycles. The molecule has 1 heterocycles. The third-order valence-corrected chi connectivity index (χ3v) is 7.18. The maximum Gasteiger partial charge on any atom is 0.315 e. The summed E-state index contributed by atoms with van der Waals surface area (Å²) in [5, 5.41) is 6.44. The Morgan fingerprint density at radius 3 is 2.30 bits per heavy atom. The van der Waals surface area contributed by atoms with E-state index >= 15 is 0 Å². The second kappa shape index (κ2) is 6.54. The number of likely N-dealkylation sites (tertiary alicyclic amines) is 1. The van der Waals surface area contributed by atoms with Crippen molar-refractivity contribution in [1.29, 1.82) is 0 Å². The lowest BCUT2D eigenvalue weighted by atomic mass is 9.53. The van der Waals surface area contributed by atoms with Crippen LogP contribution in [-0.2, 0) is 11.3 Å². The van der Waals surface area contributed by atoms with Gasteiger partial charge in [0.2, 0.25) is 5.91 Å². The molecule has 1 atom stereocenters. The Balaban J connectivity index is 1.17. The van der Waals surface area contributed by atoms with E-state index in [1.165, 1.54) is 19.3 Å². The maximum absolute atomic E-state index is 12.7. The van der Waals surface area contributed by atoms with Gasteiger partial charge in [-0.3, -0.25) is 4.79 Å². The van der Waals surface area contributed by atoms with E-state index in [1.807, 2.05) is 35.2 Å². The number of hydrogen-bond donors (Lipinski definition) is 2. The van der Waals surface area contributed by atoms with Gasteiger partial charge < -0.3 is 15.5 Å². The van der Waals surface area contributed by atoms with Crippen LogP contribution in [0.2, 0.25) is 0 Å². The van der Waals surface area contributed by atoms with Crippen molar-refractivity contribution >= 4 is 11.9 Å². The van der Waals surface area contributed by atoms with Crippen LogP contribution in [0.3, 0.4) is 0 Å². The Hall–Kier alpha value is -2.04. The Morgan fingerprint density at radius 1 is 1.04 bits per heavy atom. The number of carbonyl (C=O) groups is 2. The Labute approximate surface area is 160 Å². The van der Waals surface area contributed by atoms with Gasteiger partial charge in [-0.15, -0.1) is 0 Å². The Bertz CT molecular complexity index is 697. The lowest BCUT2D eigenvalue weighted by Crippen LogP contribution is -2.62. The minimum atomic E-state index is -0.0878. The number of benzene rings is 1. The quantitative estimate of drug-likeness (QED) is 0.859. The molecule has 3 amide bonds. The van der Waals surface area contributed by atoms with Crippen LogP contribution < -0.4 is 10.6 Å². The number of nitrogens with one attached hydrogen (secondary N) is 2. The van der Waals surface area contributed by atoms with Crippen LogP contribution in [0.15, 0.2) is 30.3 Å². The van der Waals surface area contributed by atoms with Crippen LogP contribution in [0, 0.1) is 17.8 Å². The zero-order chi connectivity index (χ0) is 18.4. The van der Waals surface area contributed by atoms with E-state index in [9.17, 15) is 9.59 Å². The first-order chi connectivity index (χ1) is 13.1. The minimum Gasteiger partial charge on any atom is -0.336 e. The molecule has 1 aromatic carbocycles. The van der Waals surface area contributed by atoms with Crippen LogP contribution in [-0.4, -0.2) is 35.0 Å². The van der Waals surface area contributed by atoms with Gasteiger partial charge in [0.15, 0.2) is 0 Å². The molecule has 2 N–H and O–H groups in total. The first kappa shape index (κ1) is 17.1. The Kier molecular flexibility index (Phi) is 4.14. The average molecular weight is 367 g/mol. The number of amides is 3. The number of rotatable bonds is 4. The van der Waals surface area contributed by atoms with E-state index in [0.717, 1.165) is 42.6 Å². The molecule has 4 saturated carbocycles. The standard InChI is InChI=1S/C22H29N3O2/c26-20-9-19(14-25(20)13-15-4-2-1-3-5-15)23-21(27)24-22-10-16-6-17(11-22)8-18(7-16)12-22/h1-5,16-19H,6-14H2,(H2,23,24,27). The smallest absolute Gasteiger partial charge is 0.315 e. The second-order valence-electron chi connectivity index (χ2n) is 9.46. The van der Waals surface area contributed by atoms with Crippen molar-refractivity contribution in [3.63, 3.8) is 0 Å². The van der Waals surface area contributed by atoms with E-state index < -0.39 is 0 Å². The molecule has 5 fully saturated rings. The molecular weight excluding hydrogens is 338 g/mol. The number of urea groups is 1. The van der Waals surface area contributed by atoms with Crippen molar-refractivity contribution in [2.75, 3.05) is 6.54 Å². The molecule has 5 aliphatic rings. The van der Waals surface area contributed by atoms with Crippen LogP contribution in [0.1, 0.15) is 50.5 Å². The van der Waals surface area contributed by atoms with Gasteiger partial charge in [-0.05, 0) is 61.8 Å². The first-order valence-corrected chi connectivity index (χ1v) is 10.5. The summed E-state index contributed by atoms with van der Waals surface area (Å²) in [6, 6.07) is 9.87. The molecule has 144 valence electrons. The number of nitrogens with zero attached hydrogens (tertiary/aromatic N) is 1. The van der Waals surface area contributed by atoms with Gasteiger partial charge in [0, 0.05) is 25.0 Å². The third-order valence-electron chi connectivity index (χ3n) is 7.18. The summed E-state index contributed by atoms with van der Waals surface area (Å²) in [6.45, 7) is 1.22. The minimum absolute atomic E-state index is 0.0190. The average Bonchev–Trinajstić information content (AvgIpc) is 2.92. The summed E-state index contributed by atoms with van der Waals surface area (Å²) in [5.74, 6) is 2.56.